The van der Waals surface area contributed by atoms with Gasteiger partial charge in [0.2, 0.25) is 5.91 Å². The fourth-order valence-corrected chi connectivity index (χ4v) is 3.77. The maximum Gasteiger partial charge on any atom is 0.339 e. The monoisotopic (exact) mass is 409 g/mol. The minimum absolute atomic E-state index is 0.153. The molecule has 1 aliphatic rings. The second-order valence-electron chi connectivity index (χ2n) is 6.86. The number of Topliss-reactive ketones (excluding diaryl/α,β-unsaturated/α-hetero) is 1. The molecule has 0 aliphatic carbocycles. The topological polar surface area (TPSA) is 124 Å². The molecule has 0 saturated carbocycles. The third kappa shape index (κ3) is 5.68. The van der Waals surface area contributed by atoms with Gasteiger partial charge in [-0.3, -0.25) is 14.6 Å². The fraction of sp³-hybridized carbons (Fsp3) is 0.579. The van der Waals surface area contributed by atoms with Crippen LogP contribution in [0, 0.1) is 0 Å². The van der Waals surface area contributed by atoms with Gasteiger partial charge in [0.1, 0.15) is 22.1 Å². The van der Waals surface area contributed by atoms with Crippen molar-refractivity contribution in [1.82, 2.24) is 5.32 Å². The van der Waals surface area contributed by atoms with E-state index in [9.17, 15) is 14.4 Å². The molecule has 1 aliphatic heterocycles. The molecule has 154 valence electrons. The second kappa shape index (κ2) is 9.88. The van der Waals surface area contributed by atoms with Crippen LogP contribution in [0.4, 0.5) is 0 Å². The average Bonchev–Trinajstić information content (AvgIpc) is 3.05. The van der Waals surface area contributed by atoms with Crippen molar-refractivity contribution in [3.8, 4) is 5.75 Å². The number of ketones is 1. The van der Waals surface area contributed by atoms with Crippen molar-refractivity contribution in [2.24, 2.45) is 10.7 Å². The zero-order valence-corrected chi connectivity index (χ0v) is 17.3. The van der Waals surface area contributed by atoms with Crippen molar-refractivity contribution >= 4 is 28.5 Å². The number of ether oxygens (including phenoxy) is 1. The Hall–Kier alpha value is -2.13. The molecule has 0 bridgehead atoms. The van der Waals surface area contributed by atoms with E-state index in [1.54, 1.807) is 13.0 Å². The number of amides is 1. The predicted octanol–water partition coefficient (Wildman–Crippen LogP) is 1.82. The SMILES string of the molecule is CCCC(NC(=O)[C@]1(C)CSC(C(C)=O)=N1)c1cc(OCCCN)cc(=O)o1. The molecule has 1 aromatic rings. The average molecular weight is 410 g/mol. The summed E-state index contributed by atoms with van der Waals surface area (Å²) < 4.78 is 10.9. The quantitative estimate of drug-likeness (QED) is 0.565. The third-order valence-electron chi connectivity index (χ3n) is 4.23. The molecule has 0 aromatic carbocycles. The summed E-state index contributed by atoms with van der Waals surface area (Å²) in [6.45, 7) is 5.97. The Morgan fingerprint density at radius 3 is 2.82 bits per heavy atom. The van der Waals surface area contributed by atoms with Crippen LogP contribution in [-0.4, -0.2) is 41.2 Å². The van der Waals surface area contributed by atoms with Gasteiger partial charge < -0.3 is 20.2 Å². The minimum Gasteiger partial charge on any atom is -0.493 e. The van der Waals surface area contributed by atoms with Gasteiger partial charge in [-0.2, -0.15) is 0 Å². The van der Waals surface area contributed by atoms with Crippen LogP contribution in [0.1, 0.15) is 51.8 Å². The molecular formula is C19H27N3O5S. The molecule has 8 nitrogen and oxygen atoms in total. The Kier molecular flexibility index (Phi) is 7.82. The summed E-state index contributed by atoms with van der Waals surface area (Å²) in [5.74, 6) is 0.635. The van der Waals surface area contributed by atoms with Gasteiger partial charge in [0, 0.05) is 18.7 Å². The van der Waals surface area contributed by atoms with E-state index in [0.29, 0.717) is 48.3 Å². The van der Waals surface area contributed by atoms with Gasteiger partial charge in [-0.1, -0.05) is 13.3 Å². The number of nitrogens with zero attached hydrogens (tertiary/aromatic N) is 1. The largest absolute Gasteiger partial charge is 0.493 e. The number of carbonyl (C=O) groups is 2. The van der Waals surface area contributed by atoms with Gasteiger partial charge in [-0.25, -0.2) is 4.79 Å². The van der Waals surface area contributed by atoms with E-state index in [1.807, 2.05) is 6.92 Å². The summed E-state index contributed by atoms with van der Waals surface area (Å²) in [7, 11) is 0. The molecule has 0 saturated heterocycles. The molecule has 0 radical (unpaired) electrons. The molecule has 3 N–H and O–H groups in total. The smallest absolute Gasteiger partial charge is 0.339 e. The zero-order chi connectivity index (χ0) is 20.7. The van der Waals surface area contributed by atoms with Crippen LogP contribution in [-0.2, 0) is 9.59 Å². The number of hydrogen-bond donors (Lipinski definition) is 2. The minimum atomic E-state index is -1.03. The molecule has 1 amide bonds. The van der Waals surface area contributed by atoms with E-state index in [2.05, 4.69) is 10.3 Å². The van der Waals surface area contributed by atoms with E-state index in [-0.39, 0.29) is 11.7 Å². The molecular weight excluding hydrogens is 382 g/mol. The standard InChI is InChI=1S/C19H27N3O5S/c1-4-6-14(15-9-13(10-16(24)27-15)26-8-5-7-20)21-18(25)19(3)11-28-17(22-19)12(2)23/h9-10,14H,4-8,11,20H2,1-3H3,(H,21,25)/t14?,19-/m0/s1. The predicted molar refractivity (Wildman–Crippen MR) is 109 cm³/mol. The molecule has 1 aromatic heterocycles. The lowest BCUT2D eigenvalue weighted by Crippen LogP contribution is -2.45. The normalized spacial score (nSPS) is 19.8. The second-order valence-corrected chi connectivity index (χ2v) is 7.82. The molecule has 2 atom stereocenters. The highest BCUT2D eigenvalue weighted by molar-refractivity contribution is 8.16. The van der Waals surface area contributed by atoms with Gasteiger partial charge in [0.25, 0.3) is 0 Å². The summed E-state index contributed by atoms with van der Waals surface area (Å²) in [6.07, 6.45) is 2.00. The molecule has 1 unspecified atom stereocenters. The molecule has 0 fully saturated rings. The number of nitrogens with one attached hydrogen (secondary N) is 1. The first-order valence-electron chi connectivity index (χ1n) is 9.31. The van der Waals surface area contributed by atoms with E-state index in [0.717, 1.165) is 6.42 Å². The van der Waals surface area contributed by atoms with Gasteiger partial charge >= 0.3 is 5.63 Å². The third-order valence-corrected chi connectivity index (χ3v) is 5.59. The summed E-state index contributed by atoms with van der Waals surface area (Å²) >= 11 is 1.27. The lowest BCUT2D eigenvalue weighted by Gasteiger charge is -2.24. The van der Waals surface area contributed by atoms with E-state index in [1.165, 1.54) is 24.8 Å². The number of aliphatic imine (C=N–C) groups is 1. The highest BCUT2D eigenvalue weighted by Crippen LogP contribution is 2.30. The van der Waals surface area contributed by atoms with Crippen molar-refractivity contribution in [2.45, 2.75) is 51.6 Å². The number of thioether (sulfide) groups is 1. The molecule has 0 spiro atoms. The van der Waals surface area contributed by atoms with Crippen LogP contribution in [0.5, 0.6) is 5.75 Å². The number of carbonyl (C=O) groups excluding carboxylic acids is 2. The summed E-state index contributed by atoms with van der Waals surface area (Å²) in [4.78, 5) is 40.6. The Morgan fingerprint density at radius 1 is 1.46 bits per heavy atom. The first-order valence-corrected chi connectivity index (χ1v) is 10.3. The van der Waals surface area contributed by atoms with Crippen LogP contribution < -0.4 is 21.4 Å². The first-order chi connectivity index (χ1) is 13.3. The van der Waals surface area contributed by atoms with Crippen LogP contribution in [0.25, 0.3) is 0 Å². The Balaban J connectivity index is 2.20. The maximum atomic E-state index is 12.9. The van der Waals surface area contributed by atoms with Crippen molar-refractivity contribution in [3.05, 3.63) is 28.3 Å². The molecule has 2 rings (SSSR count). The van der Waals surface area contributed by atoms with Crippen LogP contribution >= 0.6 is 11.8 Å². The van der Waals surface area contributed by atoms with Crippen LogP contribution in [0.3, 0.4) is 0 Å². The molecule has 28 heavy (non-hydrogen) atoms. The zero-order valence-electron chi connectivity index (χ0n) is 16.4. The van der Waals surface area contributed by atoms with Crippen LogP contribution in [0.2, 0.25) is 0 Å². The lowest BCUT2D eigenvalue weighted by molar-refractivity contribution is -0.125. The van der Waals surface area contributed by atoms with Gasteiger partial charge in [0.15, 0.2) is 5.78 Å². The van der Waals surface area contributed by atoms with E-state index < -0.39 is 17.2 Å². The fourth-order valence-electron chi connectivity index (χ4n) is 2.68. The molecule has 2 heterocycles. The van der Waals surface area contributed by atoms with Gasteiger partial charge in [-0.15, -0.1) is 11.8 Å². The Labute approximate surface area is 168 Å². The Morgan fingerprint density at radius 2 is 2.21 bits per heavy atom. The highest BCUT2D eigenvalue weighted by Gasteiger charge is 2.40. The van der Waals surface area contributed by atoms with Crippen molar-refractivity contribution in [2.75, 3.05) is 18.9 Å². The number of nitrogens with two attached hydrogens (primary N) is 1. The van der Waals surface area contributed by atoms with Gasteiger partial charge in [0.05, 0.1) is 18.7 Å². The van der Waals surface area contributed by atoms with E-state index in [4.69, 9.17) is 14.9 Å². The molecule has 9 heteroatoms. The van der Waals surface area contributed by atoms with Crippen molar-refractivity contribution in [1.29, 1.82) is 0 Å². The maximum absolute atomic E-state index is 12.9. The summed E-state index contributed by atoms with van der Waals surface area (Å²) in [6, 6.07) is 2.39. The summed E-state index contributed by atoms with van der Waals surface area (Å²) in [5.41, 5.74) is 3.87. The lowest BCUT2D eigenvalue weighted by atomic mass is 10.0. The van der Waals surface area contributed by atoms with Crippen molar-refractivity contribution < 1.29 is 18.7 Å². The van der Waals surface area contributed by atoms with Crippen molar-refractivity contribution in [3.63, 3.8) is 0 Å². The summed E-state index contributed by atoms with van der Waals surface area (Å²) in [5, 5.41) is 3.27. The van der Waals surface area contributed by atoms with Gasteiger partial charge in [-0.05, 0) is 26.3 Å². The Bertz CT molecular complexity index is 807. The number of rotatable bonds is 10. The van der Waals surface area contributed by atoms with E-state index >= 15 is 0 Å². The van der Waals surface area contributed by atoms with Crippen LogP contribution in [0.15, 0.2) is 26.3 Å². The highest BCUT2D eigenvalue weighted by atomic mass is 32.2. The first kappa shape index (κ1) is 22.2. The number of hydrogen-bond acceptors (Lipinski definition) is 8.